The summed E-state index contributed by atoms with van der Waals surface area (Å²) in [6, 6.07) is 9.74. The molecule has 0 saturated carbocycles. The molecular weight excluding hydrogens is 300 g/mol. The van der Waals surface area contributed by atoms with Crippen LogP contribution in [0.3, 0.4) is 0 Å². The maximum Gasteiger partial charge on any atom is 0.152 e. The van der Waals surface area contributed by atoms with Gasteiger partial charge in [0.05, 0.1) is 12.3 Å². The molecule has 0 aliphatic carbocycles. The van der Waals surface area contributed by atoms with E-state index in [1.807, 2.05) is 47.1 Å². The molecule has 0 atom stereocenters. The van der Waals surface area contributed by atoms with Crippen LogP contribution in [0.15, 0.2) is 48.9 Å². The summed E-state index contributed by atoms with van der Waals surface area (Å²) in [5, 5.41) is 9.81. The van der Waals surface area contributed by atoms with E-state index in [9.17, 15) is 5.11 Å². The van der Waals surface area contributed by atoms with Crippen LogP contribution < -0.4 is 0 Å². The zero-order valence-corrected chi connectivity index (χ0v) is 12.8. The molecule has 0 aliphatic rings. The summed E-state index contributed by atoms with van der Waals surface area (Å²) in [4.78, 5) is 10.6. The number of aromatic nitrogens is 3. The van der Waals surface area contributed by atoms with Gasteiger partial charge in [0.15, 0.2) is 5.15 Å². The maximum atomic E-state index is 9.31. The molecule has 3 rings (SSSR count). The average Bonchev–Trinajstić information content (AvgIpc) is 2.85. The summed E-state index contributed by atoms with van der Waals surface area (Å²) in [5.41, 5.74) is 2.85. The Kier molecular flexibility index (Phi) is 4.68. The van der Waals surface area contributed by atoms with Crippen LogP contribution in [0.1, 0.15) is 11.3 Å². The average molecular weight is 317 g/mol. The zero-order chi connectivity index (χ0) is 15.4. The second-order valence-electron chi connectivity index (χ2n) is 5.07. The number of imidazole rings is 1. The number of pyridine rings is 2. The van der Waals surface area contributed by atoms with Crippen molar-refractivity contribution in [3.8, 4) is 0 Å². The molecule has 0 radical (unpaired) electrons. The van der Waals surface area contributed by atoms with Crippen molar-refractivity contribution in [1.82, 2.24) is 19.3 Å². The van der Waals surface area contributed by atoms with Gasteiger partial charge >= 0.3 is 0 Å². The SMILES string of the molecule is OCCN(Cc1cccnc1)Cc1c(Cl)nc2ccccn12. The molecule has 6 heteroatoms. The van der Waals surface area contributed by atoms with Crippen molar-refractivity contribution in [1.29, 1.82) is 0 Å². The quantitative estimate of drug-likeness (QED) is 0.758. The van der Waals surface area contributed by atoms with Crippen LogP contribution in [0.4, 0.5) is 0 Å². The summed E-state index contributed by atoms with van der Waals surface area (Å²) in [7, 11) is 0. The highest BCUT2D eigenvalue weighted by atomic mass is 35.5. The Labute approximate surface area is 133 Å². The van der Waals surface area contributed by atoms with Crippen molar-refractivity contribution >= 4 is 17.2 Å². The summed E-state index contributed by atoms with van der Waals surface area (Å²) >= 11 is 6.28. The highest BCUT2D eigenvalue weighted by Crippen LogP contribution is 2.20. The fraction of sp³-hybridized carbons (Fsp3) is 0.250. The molecule has 0 aliphatic heterocycles. The molecule has 0 fully saturated rings. The number of halogens is 1. The lowest BCUT2D eigenvalue weighted by Crippen LogP contribution is -2.26. The number of hydrogen-bond acceptors (Lipinski definition) is 4. The standard InChI is InChI=1S/C16H17ClN4O/c17-16-14(21-7-2-1-5-15(21)19-16)12-20(8-9-22)11-13-4-3-6-18-10-13/h1-7,10,22H,8-9,11-12H2. The summed E-state index contributed by atoms with van der Waals surface area (Å²) in [5.74, 6) is 0. The fourth-order valence-corrected chi connectivity index (χ4v) is 2.71. The Morgan fingerprint density at radius 1 is 1.18 bits per heavy atom. The van der Waals surface area contributed by atoms with E-state index in [1.165, 1.54) is 0 Å². The van der Waals surface area contributed by atoms with Gasteiger partial charge in [-0.1, -0.05) is 23.7 Å². The molecule has 5 nitrogen and oxygen atoms in total. The van der Waals surface area contributed by atoms with Crippen molar-refractivity contribution in [3.05, 3.63) is 65.3 Å². The lowest BCUT2D eigenvalue weighted by atomic mass is 10.2. The van der Waals surface area contributed by atoms with E-state index in [1.54, 1.807) is 6.20 Å². The van der Waals surface area contributed by atoms with Gasteiger partial charge in [-0.15, -0.1) is 0 Å². The van der Waals surface area contributed by atoms with E-state index >= 15 is 0 Å². The van der Waals surface area contributed by atoms with Crippen molar-refractivity contribution < 1.29 is 5.11 Å². The zero-order valence-electron chi connectivity index (χ0n) is 12.1. The monoisotopic (exact) mass is 316 g/mol. The molecule has 0 aromatic carbocycles. The molecule has 0 bridgehead atoms. The van der Waals surface area contributed by atoms with Crippen LogP contribution in [-0.4, -0.2) is 37.5 Å². The first-order valence-corrected chi connectivity index (χ1v) is 7.49. The predicted octanol–water partition coefficient (Wildman–Crippen LogP) is 2.38. The number of aliphatic hydroxyl groups excluding tert-OH is 1. The third-order valence-electron chi connectivity index (χ3n) is 3.50. The topological polar surface area (TPSA) is 53.7 Å². The molecule has 0 unspecified atom stereocenters. The Hall–Kier alpha value is -1.95. The highest BCUT2D eigenvalue weighted by molar-refractivity contribution is 6.30. The molecule has 0 saturated heterocycles. The lowest BCUT2D eigenvalue weighted by molar-refractivity contribution is 0.182. The number of aliphatic hydroxyl groups is 1. The van der Waals surface area contributed by atoms with Gasteiger partial charge in [0.1, 0.15) is 5.65 Å². The Morgan fingerprint density at radius 3 is 2.86 bits per heavy atom. The van der Waals surface area contributed by atoms with E-state index in [0.717, 1.165) is 16.9 Å². The smallest absolute Gasteiger partial charge is 0.152 e. The van der Waals surface area contributed by atoms with Crippen LogP contribution >= 0.6 is 11.6 Å². The summed E-state index contributed by atoms with van der Waals surface area (Å²) in [6.07, 6.45) is 5.53. The van der Waals surface area contributed by atoms with Gasteiger partial charge in [0.25, 0.3) is 0 Å². The van der Waals surface area contributed by atoms with Crippen molar-refractivity contribution in [2.45, 2.75) is 13.1 Å². The number of rotatable bonds is 6. The van der Waals surface area contributed by atoms with Gasteiger partial charge in [-0.3, -0.25) is 9.88 Å². The van der Waals surface area contributed by atoms with E-state index in [0.29, 0.717) is 24.8 Å². The Bertz CT molecular complexity index is 744. The highest BCUT2D eigenvalue weighted by Gasteiger charge is 2.14. The van der Waals surface area contributed by atoms with E-state index in [4.69, 9.17) is 11.6 Å². The number of nitrogens with zero attached hydrogens (tertiary/aromatic N) is 4. The van der Waals surface area contributed by atoms with Gasteiger partial charge < -0.3 is 9.51 Å². The van der Waals surface area contributed by atoms with Crippen molar-refractivity contribution in [3.63, 3.8) is 0 Å². The summed E-state index contributed by atoms with van der Waals surface area (Å²) < 4.78 is 1.98. The Balaban J connectivity index is 1.84. The number of fused-ring (bicyclic) bond motifs is 1. The molecule has 1 N–H and O–H groups in total. The first-order valence-electron chi connectivity index (χ1n) is 7.11. The normalized spacial score (nSPS) is 11.4. The van der Waals surface area contributed by atoms with E-state index in [2.05, 4.69) is 14.9 Å². The molecule has 114 valence electrons. The molecular formula is C16H17ClN4O. The van der Waals surface area contributed by atoms with Gasteiger partial charge in [-0.2, -0.15) is 0 Å². The van der Waals surface area contributed by atoms with Crippen LogP contribution in [0, 0.1) is 0 Å². The van der Waals surface area contributed by atoms with Crippen LogP contribution in [0.25, 0.3) is 5.65 Å². The molecule has 0 spiro atoms. The van der Waals surface area contributed by atoms with Crippen LogP contribution in [0.2, 0.25) is 5.15 Å². The molecule has 0 amide bonds. The molecule has 22 heavy (non-hydrogen) atoms. The number of hydrogen-bond donors (Lipinski definition) is 1. The minimum atomic E-state index is 0.0919. The first kappa shape index (κ1) is 15.0. The fourth-order valence-electron chi connectivity index (χ4n) is 2.48. The van der Waals surface area contributed by atoms with Crippen LogP contribution in [-0.2, 0) is 13.1 Å². The maximum absolute atomic E-state index is 9.31. The first-order chi connectivity index (χ1) is 10.8. The Morgan fingerprint density at radius 2 is 2.09 bits per heavy atom. The molecule has 3 heterocycles. The van der Waals surface area contributed by atoms with Crippen LogP contribution in [0.5, 0.6) is 0 Å². The lowest BCUT2D eigenvalue weighted by Gasteiger charge is -2.21. The predicted molar refractivity (Wildman–Crippen MR) is 85.6 cm³/mol. The third kappa shape index (κ3) is 3.27. The third-order valence-corrected chi connectivity index (χ3v) is 3.80. The van der Waals surface area contributed by atoms with Crippen molar-refractivity contribution in [2.24, 2.45) is 0 Å². The molecule has 3 aromatic heterocycles. The largest absolute Gasteiger partial charge is 0.395 e. The second kappa shape index (κ2) is 6.87. The summed E-state index contributed by atoms with van der Waals surface area (Å²) in [6.45, 7) is 1.96. The minimum absolute atomic E-state index is 0.0919. The second-order valence-corrected chi connectivity index (χ2v) is 5.43. The van der Waals surface area contributed by atoms with Gasteiger partial charge in [-0.05, 0) is 23.8 Å². The van der Waals surface area contributed by atoms with Gasteiger partial charge in [-0.25, -0.2) is 4.98 Å². The van der Waals surface area contributed by atoms with E-state index < -0.39 is 0 Å². The van der Waals surface area contributed by atoms with Crippen molar-refractivity contribution in [2.75, 3.05) is 13.2 Å². The van der Waals surface area contributed by atoms with E-state index in [-0.39, 0.29) is 6.61 Å². The van der Waals surface area contributed by atoms with Gasteiger partial charge in [0, 0.05) is 38.2 Å². The minimum Gasteiger partial charge on any atom is -0.395 e. The van der Waals surface area contributed by atoms with Gasteiger partial charge in [0.2, 0.25) is 0 Å². The molecule has 3 aromatic rings.